The fraction of sp³-hybridized carbons (Fsp3) is 0. The monoisotopic (exact) mass is 297 g/mol. The summed E-state index contributed by atoms with van der Waals surface area (Å²) in [6, 6.07) is 11.0. The largest absolute Gasteiger partial charge is 0.545 e. The number of nitrogens with one attached hydrogen (secondary N) is 1. The first kappa shape index (κ1) is 14.5. The summed E-state index contributed by atoms with van der Waals surface area (Å²) in [4.78, 5) is 23.4. The molecule has 1 heterocycles. The number of carboxylic acids is 1. The number of benzene rings is 1. The Morgan fingerprint density at radius 3 is 2.48 bits per heavy atom. The van der Waals surface area contributed by atoms with Crippen LogP contribution in [0.25, 0.3) is 6.08 Å². The highest BCUT2D eigenvalue weighted by atomic mass is 32.1. The molecule has 104 valence electrons. The topological polar surface area (TPSA) is 93.0 Å². The normalized spacial score (nSPS) is 10.7. The van der Waals surface area contributed by atoms with Crippen molar-refractivity contribution < 1.29 is 14.7 Å². The van der Waals surface area contributed by atoms with E-state index in [0.29, 0.717) is 5.69 Å². The van der Waals surface area contributed by atoms with Crippen molar-refractivity contribution >= 4 is 35.0 Å². The molecule has 6 heteroatoms. The maximum Gasteiger partial charge on any atom is 0.266 e. The first-order chi connectivity index (χ1) is 10.1. The van der Waals surface area contributed by atoms with Crippen molar-refractivity contribution in [2.24, 2.45) is 0 Å². The molecule has 0 saturated heterocycles. The van der Waals surface area contributed by atoms with Gasteiger partial charge in [0.15, 0.2) is 0 Å². The van der Waals surface area contributed by atoms with Crippen molar-refractivity contribution in [3.05, 3.63) is 57.8 Å². The Hall–Kier alpha value is -2.91. The molecule has 0 radical (unpaired) electrons. The van der Waals surface area contributed by atoms with Gasteiger partial charge in [-0.3, -0.25) is 4.79 Å². The highest BCUT2D eigenvalue weighted by molar-refractivity contribution is 7.10. The summed E-state index contributed by atoms with van der Waals surface area (Å²) in [5, 5.41) is 24.0. The smallest absolute Gasteiger partial charge is 0.266 e. The quantitative estimate of drug-likeness (QED) is 0.686. The molecule has 0 fully saturated rings. The van der Waals surface area contributed by atoms with E-state index in [1.807, 2.05) is 17.5 Å². The van der Waals surface area contributed by atoms with Crippen LogP contribution in [0.4, 0.5) is 5.69 Å². The van der Waals surface area contributed by atoms with Gasteiger partial charge in [-0.25, -0.2) is 0 Å². The van der Waals surface area contributed by atoms with Crippen molar-refractivity contribution in [2.45, 2.75) is 0 Å². The number of carboxylic acid groups (broad SMARTS) is 1. The minimum absolute atomic E-state index is 0.0163. The number of nitriles is 1. The number of thiophene rings is 1. The maximum absolute atomic E-state index is 12.0. The number of carbonyl (C=O) groups excluding carboxylic acids is 2. The van der Waals surface area contributed by atoms with Gasteiger partial charge in [0.1, 0.15) is 11.6 Å². The van der Waals surface area contributed by atoms with E-state index in [2.05, 4.69) is 5.32 Å². The molecule has 21 heavy (non-hydrogen) atoms. The lowest BCUT2D eigenvalue weighted by Gasteiger charge is -2.06. The Kier molecular flexibility index (Phi) is 4.49. The Labute approximate surface area is 124 Å². The van der Waals surface area contributed by atoms with Gasteiger partial charge in [0.2, 0.25) is 0 Å². The van der Waals surface area contributed by atoms with E-state index in [4.69, 9.17) is 5.26 Å². The van der Waals surface area contributed by atoms with E-state index >= 15 is 0 Å². The van der Waals surface area contributed by atoms with Gasteiger partial charge in [0.25, 0.3) is 5.91 Å². The van der Waals surface area contributed by atoms with Gasteiger partial charge in [-0.2, -0.15) is 5.26 Å². The average Bonchev–Trinajstić information content (AvgIpc) is 2.98. The molecule has 1 aromatic heterocycles. The number of rotatable bonds is 4. The highest BCUT2D eigenvalue weighted by Gasteiger charge is 2.09. The van der Waals surface area contributed by atoms with E-state index in [1.54, 1.807) is 6.07 Å². The van der Waals surface area contributed by atoms with Gasteiger partial charge >= 0.3 is 0 Å². The predicted octanol–water partition coefficient (Wildman–Crippen LogP) is 1.66. The first-order valence-corrected chi connectivity index (χ1v) is 6.76. The fourth-order valence-corrected chi connectivity index (χ4v) is 2.21. The van der Waals surface area contributed by atoms with E-state index in [0.717, 1.165) is 4.88 Å². The third-order valence-corrected chi connectivity index (χ3v) is 3.39. The highest BCUT2D eigenvalue weighted by Crippen LogP contribution is 2.15. The Balaban J connectivity index is 2.13. The van der Waals surface area contributed by atoms with E-state index in [-0.39, 0.29) is 11.1 Å². The number of carbonyl (C=O) groups is 2. The van der Waals surface area contributed by atoms with Crippen molar-refractivity contribution in [1.82, 2.24) is 0 Å². The second-order valence-electron chi connectivity index (χ2n) is 4.00. The summed E-state index contributed by atoms with van der Waals surface area (Å²) < 4.78 is 0. The van der Waals surface area contributed by atoms with Crippen LogP contribution in [0.15, 0.2) is 47.4 Å². The van der Waals surface area contributed by atoms with Crippen LogP contribution in [0.5, 0.6) is 0 Å². The molecule has 0 unspecified atom stereocenters. The predicted molar refractivity (Wildman–Crippen MR) is 77.3 cm³/mol. The molecule has 1 aromatic carbocycles. The molecular weight excluding hydrogens is 288 g/mol. The van der Waals surface area contributed by atoms with Crippen molar-refractivity contribution in [3.8, 4) is 6.07 Å². The minimum atomic E-state index is -1.29. The molecule has 0 aliphatic carbocycles. The second kappa shape index (κ2) is 6.50. The summed E-state index contributed by atoms with van der Waals surface area (Å²) in [5.74, 6) is -1.84. The van der Waals surface area contributed by atoms with Gasteiger partial charge in [-0.15, -0.1) is 11.3 Å². The second-order valence-corrected chi connectivity index (χ2v) is 4.98. The molecule has 5 nitrogen and oxygen atoms in total. The van der Waals surface area contributed by atoms with Crippen LogP contribution in [0.1, 0.15) is 15.2 Å². The molecule has 0 spiro atoms. The first-order valence-electron chi connectivity index (χ1n) is 5.88. The standard InChI is InChI=1S/C15H10N2O3S/c16-9-11(8-13-2-1-7-21-13)14(18)17-12-5-3-10(4-6-12)15(19)20/h1-8H,(H,17,18)(H,19,20)/p-1/b11-8+. The van der Waals surface area contributed by atoms with Crippen LogP contribution in [0, 0.1) is 11.3 Å². The molecule has 0 aliphatic rings. The summed E-state index contributed by atoms with van der Waals surface area (Å²) in [7, 11) is 0. The number of anilines is 1. The Bertz CT molecular complexity index is 725. The Morgan fingerprint density at radius 2 is 1.95 bits per heavy atom. The summed E-state index contributed by atoms with van der Waals surface area (Å²) in [6.45, 7) is 0. The summed E-state index contributed by atoms with van der Waals surface area (Å²) in [5.41, 5.74) is 0.390. The zero-order valence-corrected chi connectivity index (χ0v) is 11.5. The number of nitrogens with zero attached hydrogens (tertiary/aromatic N) is 1. The third-order valence-electron chi connectivity index (χ3n) is 2.57. The minimum Gasteiger partial charge on any atom is -0.545 e. The molecule has 1 N–H and O–H groups in total. The van der Waals surface area contributed by atoms with Crippen LogP contribution >= 0.6 is 11.3 Å². The molecule has 0 atom stereocenters. The van der Waals surface area contributed by atoms with Crippen LogP contribution in [-0.4, -0.2) is 11.9 Å². The lowest BCUT2D eigenvalue weighted by atomic mass is 10.2. The lowest BCUT2D eigenvalue weighted by Crippen LogP contribution is -2.22. The van der Waals surface area contributed by atoms with Crippen LogP contribution in [0.3, 0.4) is 0 Å². The number of hydrogen-bond donors (Lipinski definition) is 1. The van der Waals surface area contributed by atoms with E-state index in [9.17, 15) is 14.7 Å². The molecule has 2 rings (SSSR count). The molecule has 0 aliphatic heterocycles. The van der Waals surface area contributed by atoms with Gasteiger partial charge in [-0.05, 0) is 35.2 Å². The maximum atomic E-state index is 12.0. The zero-order valence-electron chi connectivity index (χ0n) is 10.7. The average molecular weight is 297 g/mol. The third kappa shape index (κ3) is 3.78. The fourth-order valence-electron chi connectivity index (χ4n) is 1.55. The van der Waals surface area contributed by atoms with Crippen molar-refractivity contribution in [1.29, 1.82) is 5.26 Å². The number of hydrogen-bond acceptors (Lipinski definition) is 5. The van der Waals surface area contributed by atoms with Gasteiger partial charge in [0.05, 0.1) is 5.97 Å². The van der Waals surface area contributed by atoms with Gasteiger partial charge in [0, 0.05) is 10.6 Å². The van der Waals surface area contributed by atoms with Gasteiger partial charge in [-0.1, -0.05) is 18.2 Å². The molecule has 0 bridgehead atoms. The Morgan fingerprint density at radius 1 is 1.24 bits per heavy atom. The molecule has 1 amide bonds. The van der Waals surface area contributed by atoms with Crippen molar-refractivity contribution in [2.75, 3.05) is 5.32 Å². The number of amides is 1. The molecule has 0 saturated carbocycles. The molecular formula is C15H9N2O3S-. The van der Waals surface area contributed by atoms with Gasteiger partial charge < -0.3 is 15.2 Å². The van der Waals surface area contributed by atoms with E-state index in [1.165, 1.54) is 41.7 Å². The zero-order chi connectivity index (χ0) is 15.2. The summed E-state index contributed by atoms with van der Waals surface area (Å²) >= 11 is 1.42. The van der Waals surface area contributed by atoms with Crippen LogP contribution in [-0.2, 0) is 4.79 Å². The van der Waals surface area contributed by atoms with E-state index < -0.39 is 11.9 Å². The van der Waals surface area contributed by atoms with Crippen molar-refractivity contribution in [3.63, 3.8) is 0 Å². The number of aromatic carboxylic acids is 1. The summed E-state index contributed by atoms with van der Waals surface area (Å²) in [6.07, 6.45) is 1.50. The van der Waals surface area contributed by atoms with Crippen LogP contribution in [0.2, 0.25) is 0 Å². The SMILES string of the molecule is N#C/C(=C\c1cccs1)C(=O)Nc1ccc(C(=O)[O-])cc1. The molecule has 2 aromatic rings. The van der Waals surface area contributed by atoms with Crippen LogP contribution < -0.4 is 10.4 Å². The lowest BCUT2D eigenvalue weighted by molar-refractivity contribution is -0.255.